The van der Waals surface area contributed by atoms with Crippen LogP contribution >= 0.6 is 0 Å². The van der Waals surface area contributed by atoms with Crippen molar-refractivity contribution in [3.05, 3.63) is 0 Å². The topological polar surface area (TPSA) is 21.3 Å². The fraction of sp³-hybridized carbons (Fsp3) is 1.00. The second kappa shape index (κ2) is 5.86. The van der Waals surface area contributed by atoms with Gasteiger partial charge in [-0.25, -0.2) is 0 Å². The van der Waals surface area contributed by atoms with E-state index < -0.39 is 0 Å². The smallest absolute Gasteiger partial charge is 0.0637 e. The molecule has 1 saturated carbocycles. The van der Waals surface area contributed by atoms with Crippen molar-refractivity contribution >= 4 is 0 Å². The Hall–Kier alpha value is -0.0800. The molecular formula is C13H27NO. The van der Waals surface area contributed by atoms with Gasteiger partial charge in [-0.2, -0.15) is 0 Å². The first kappa shape index (κ1) is 13.0. The molecule has 1 N–H and O–H groups in total. The van der Waals surface area contributed by atoms with Crippen LogP contribution in [0.15, 0.2) is 0 Å². The third-order valence-electron chi connectivity index (χ3n) is 3.40. The second-order valence-corrected chi connectivity index (χ2v) is 5.44. The van der Waals surface area contributed by atoms with Crippen LogP contribution in [0.2, 0.25) is 0 Å². The SMILES string of the molecule is CCNC(CCC1CC1)CC(C)(C)OC. The minimum atomic E-state index is 0.0103. The lowest BCUT2D eigenvalue weighted by atomic mass is 9.95. The molecule has 0 aromatic carbocycles. The van der Waals surface area contributed by atoms with Gasteiger partial charge < -0.3 is 10.1 Å². The molecule has 0 heterocycles. The van der Waals surface area contributed by atoms with E-state index in [4.69, 9.17) is 4.74 Å². The lowest BCUT2D eigenvalue weighted by Gasteiger charge is -2.29. The zero-order valence-electron chi connectivity index (χ0n) is 10.8. The van der Waals surface area contributed by atoms with E-state index in [0.717, 1.165) is 18.9 Å². The predicted octanol–water partition coefficient (Wildman–Crippen LogP) is 2.97. The molecule has 2 nitrogen and oxygen atoms in total. The first-order valence-corrected chi connectivity index (χ1v) is 6.36. The highest BCUT2D eigenvalue weighted by Gasteiger charge is 2.26. The Kier molecular flexibility index (Phi) is 5.07. The van der Waals surface area contributed by atoms with Crippen LogP contribution in [0.3, 0.4) is 0 Å². The lowest BCUT2D eigenvalue weighted by molar-refractivity contribution is 0.00626. The lowest BCUT2D eigenvalue weighted by Crippen LogP contribution is -2.37. The van der Waals surface area contributed by atoms with Crippen molar-refractivity contribution in [2.24, 2.45) is 5.92 Å². The van der Waals surface area contributed by atoms with Gasteiger partial charge in [0.05, 0.1) is 5.60 Å². The van der Waals surface area contributed by atoms with Gasteiger partial charge in [-0.1, -0.05) is 19.8 Å². The molecular weight excluding hydrogens is 186 g/mol. The van der Waals surface area contributed by atoms with Crippen molar-refractivity contribution in [3.63, 3.8) is 0 Å². The second-order valence-electron chi connectivity index (χ2n) is 5.44. The van der Waals surface area contributed by atoms with E-state index >= 15 is 0 Å². The predicted molar refractivity (Wildman–Crippen MR) is 65.1 cm³/mol. The summed E-state index contributed by atoms with van der Waals surface area (Å²) in [5.41, 5.74) is 0.0103. The first-order valence-electron chi connectivity index (χ1n) is 6.36. The van der Waals surface area contributed by atoms with E-state index in [1.165, 1.54) is 25.7 Å². The average Bonchev–Trinajstić information content (AvgIpc) is 2.98. The van der Waals surface area contributed by atoms with Gasteiger partial charge in [0.25, 0.3) is 0 Å². The summed E-state index contributed by atoms with van der Waals surface area (Å²) in [6, 6.07) is 0.630. The Labute approximate surface area is 94.8 Å². The molecule has 1 aliphatic carbocycles. The number of rotatable bonds is 8. The van der Waals surface area contributed by atoms with Gasteiger partial charge in [0, 0.05) is 13.2 Å². The average molecular weight is 213 g/mol. The van der Waals surface area contributed by atoms with Gasteiger partial charge in [-0.05, 0) is 45.6 Å². The zero-order valence-corrected chi connectivity index (χ0v) is 10.8. The molecule has 1 atom stereocenters. The zero-order chi connectivity index (χ0) is 11.3. The Morgan fingerprint density at radius 2 is 2.07 bits per heavy atom. The van der Waals surface area contributed by atoms with E-state index in [-0.39, 0.29) is 5.60 Å². The maximum atomic E-state index is 5.50. The summed E-state index contributed by atoms with van der Waals surface area (Å²) in [6.07, 6.45) is 6.76. The van der Waals surface area contributed by atoms with Crippen LogP contribution < -0.4 is 5.32 Å². The van der Waals surface area contributed by atoms with Gasteiger partial charge in [-0.15, -0.1) is 0 Å². The third-order valence-corrected chi connectivity index (χ3v) is 3.40. The van der Waals surface area contributed by atoms with E-state index in [9.17, 15) is 0 Å². The van der Waals surface area contributed by atoms with E-state index in [1.807, 2.05) is 7.11 Å². The normalized spacial score (nSPS) is 19.2. The Morgan fingerprint density at radius 3 is 2.53 bits per heavy atom. The molecule has 0 saturated heterocycles. The maximum Gasteiger partial charge on any atom is 0.0637 e. The highest BCUT2D eigenvalue weighted by atomic mass is 16.5. The minimum absolute atomic E-state index is 0.0103. The molecule has 1 fully saturated rings. The molecule has 1 rings (SSSR count). The Morgan fingerprint density at radius 1 is 1.40 bits per heavy atom. The highest BCUT2D eigenvalue weighted by Crippen LogP contribution is 2.34. The summed E-state index contributed by atoms with van der Waals surface area (Å²) >= 11 is 0. The minimum Gasteiger partial charge on any atom is -0.379 e. The van der Waals surface area contributed by atoms with Gasteiger partial charge >= 0.3 is 0 Å². The Bertz CT molecular complexity index is 175. The van der Waals surface area contributed by atoms with Crippen LogP contribution in [0.4, 0.5) is 0 Å². The van der Waals surface area contributed by atoms with Crippen molar-refractivity contribution in [1.29, 1.82) is 0 Å². The van der Waals surface area contributed by atoms with Crippen molar-refractivity contribution < 1.29 is 4.74 Å². The molecule has 0 bridgehead atoms. The number of nitrogens with one attached hydrogen (secondary N) is 1. The monoisotopic (exact) mass is 213 g/mol. The van der Waals surface area contributed by atoms with Gasteiger partial charge in [0.1, 0.15) is 0 Å². The summed E-state index contributed by atoms with van der Waals surface area (Å²) in [4.78, 5) is 0. The number of hydrogen-bond acceptors (Lipinski definition) is 2. The molecule has 2 heteroatoms. The van der Waals surface area contributed by atoms with E-state index in [0.29, 0.717) is 6.04 Å². The molecule has 0 spiro atoms. The van der Waals surface area contributed by atoms with Crippen LogP contribution in [0.1, 0.15) is 52.9 Å². The van der Waals surface area contributed by atoms with Crippen molar-refractivity contribution in [2.75, 3.05) is 13.7 Å². The fourth-order valence-electron chi connectivity index (χ4n) is 2.09. The molecule has 0 amide bonds. The van der Waals surface area contributed by atoms with Crippen LogP contribution in [0.25, 0.3) is 0 Å². The fourth-order valence-corrected chi connectivity index (χ4v) is 2.09. The van der Waals surface area contributed by atoms with Gasteiger partial charge in [0.15, 0.2) is 0 Å². The van der Waals surface area contributed by atoms with E-state index in [2.05, 4.69) is 26.1 Å². The van der Waals surface area contributed by atoms with Crippen molar-refractivity contribution in [1.82, 2.24) is 5.32 Å². The number of hydrogen-bond donors (Lipinski definition) is 1. The molecule has 0 aromatic heterocycles. The molecule has 0 aromatic rings. The summed E-state index contributed by atoms with van der Waals surface area (Å²) in [5.74, 6) is 1.04. The summed E-state index contributed by atoms with van der Waals surface area (Å²) < 4.78 is 5.50. The van der Waals surface area contributed by atoms with Crippen LogP contribution in [-0.2, 0) is 4.74 Å². The molecule has 0 aliphatic heterocycles. The summed E-state index contributed by atoms with van der Waals surface area (Å²) in [6.45, 7) is 7.60. The quantitative estimate of drug-likeness (QED) is 0.669. The molecule has 90 valence electrons. The number of methoxy groups -OCH3 is 1. The van der Waals surface area contributed by atoms with Crippen LogP contribution in [-0.4, -0.2) is 25.3 Å². The van der Waals surface area contributed by atoms with Crippen molar-refractivity contribution in [2.45, 2.75) is 64.5 Å². The molecule has 1 unspecified atom stereocenters. The van der Waals surface area contributed by atoms with E-state index in [1.54, 1.807) is 0 Å². The largest absolute Gasteiger partial charge is 0.379 e. The standard InChI is InChI=1S/C13H27NO/c1-5-14-12(9-8-11-6-7-11)10-13(2,3)15-4/h11-12,14H,5-10H2,1-4H3. The Balaban J connectivity index is 2.27. The van der Waals surface area contributed by atoms with Crippen molar-refractivity contribution in [3.8, 4) is 0 Å². The molecule has 0 radical (unpaired) electrons. The molecule has 15 heavy (non-hydrogen) atoms. The first-order chi connectivity index (χ1) is 7.07. The number of ether oxygens (including phenoxy) is 1. The molecule has 1 aliphatic rings. The van der Waals surface area contributed by atoms with Crippen LogP contribution in [0.5, 0.6) is 0 Å². The van der Waals surface area contributed by atoms with Crippen LogP contribution in [0, 0.1) is 5.92 Å². The summed E-state index contributed by atoms with van der Waals surface area (Å²) in [7, 11) is 1.81. The van der Waals surface area contributed by atoms with Gasteiger partial charge in [-0.3, -0.25) is 0 Å². The summed E-state index contributed by atoms with van der Waals surface area (Å²) in [5, 5.41) is 3.58. The highest BCUT2D eigenvalue weighted by molar-refractivity contribution is 4.81. The van der Waals surface area contributed by atoms with Gasteiger partial charge in [0.2, 0.25) is 0 Å². The maximum absolute atomic E-state index is 5.50. The third kappa shape index (κ3) is 5.53.